The van der Waals surface area contributed by atoms with Crippen LogP contribution in [0.5, 0.6) is 0 Å². The minimum absolute atomic E-state index is 0.00145. The predicted octanol–water partition coefficient (Wildman–Crippen LogP) is 3.56. The van der Waals surface area contributed by atoms with Crippen molar-refractivity contribution in [2.24, 2.45) is 0 Å². The van der Waals surface area contributed by atoms with Crippen LogP contribution in [0.4, 0.5) is 0 Å². The molecule has 0 saturated carbocycles. The third-order valence-corrected chi connectivity index (χ3v) is 3.35. The summed E-state index contributed by atoms with van der Waals surface area (Å²) in [7, 11) is 0. The summed E-state index contributed by atoms with van der Waals surface area (Å²) in [6.45, 7) is 11.3. The van der Waals surface area contributed by atoms with Crippen LogP contribution in [0.3, 0.4) is 0 Å². The van der Waals surface area contributed by atoms with Gasteiger partial charge in [-0.05, 0) is 39.8 Å². The van der Waals surface area contributed by atoms with Crippen molar-refractivity contribution in [3.63, 3.8) is 0 Å². The minimum Gasteiger partial charge on any atom is -0.462 e. The first-order valence-electron chi connectivity index (χ1n) is 7.89. The summed E-state index contributed by atoms with van der Waals surface area (Å²) < 4.78 is 12.2. The Morgan fingerprint density at radius 1 is 1.21 bits per heavy atom. The maximum Gasteiger partial charge on any atom is 0.339 e. The summed E-state index contributed by atoms with van der Waals surface area (Å²) in [5.74, 6) is -0.868. The van der Waals surface area contributed by atoms with Crippen molar-refractivity contribution in [1.82, 2.24) is 4.57 Å². The molecule has 2 aromatic rings. The molecule has 0 spiro atoms. The summed E-state index contributed by atoms with van der Waals surface area (Å²) in [6.07, 6.45) is 0. The van der Waals surface area contributed by atoms with E-state index in [4.69, 9.17) is 9.47 Å². The summed E-state index contributed by atoms with van der Waals surface area (Å²) in [4.78, 5) is 24.3. The minimum atomic E-state index is -0.571. The highest BCUT2D eigenvalue weighted by molar-refractivity contribution is 6.16. The predicted molar refractivity (Wildman–Crippen MR) is 93.5 cm³/mol. The van der Waals surface area contributed by atoms with Gasteiger partial charge in [-0.2, -0.15) is 0 Å². The Kier molecular flexibility index (Phi) is 5.12. The molecule has 0 saturated heterocycles. The molecule has 0 aliphatic heterocycles. The van der Waals surface area contributed by atoms with Gasteiger partial charge in [0.1, 0.15) is 12.1 Å². The zero-order chi connectivity index (χ0) is 17.9. The fraction of sp³-hybridized carbons (Fsp3) is 0.368. The molecule has 0 aliphatic carbocycles. The third kappa shape index (κ3) is 4.04. The molecule has 0 N–H and O–H groups in total. The molecule has 1 aromatic carbocycles. The Balaban J connectivity index is 2.42. The molecule has 5 heteroatoms. The van der Waals surface area contributed by atoms with E-state index in [0.29, 0.717) is 5.69 Å². The van der Waals surface area contributed by atoms with E-state index in [0.717, 1.165) is 10.9 Å². The van der Waals surface area contributed by atoms with E-state index in [1.54, 1.807) is 11.5 Å². The highest BCUT2D eigenvalue weighted by Gasteiger charge is 2.22. The Labute approximate surface area is 141 Å². The quantitative estimate of drug-likeness (QED) is 0.622. The molecule has 128 valence electrons. The number of para-hydroxylation sites is 1. The van der Waals surface area contributed by atoms with Crippen LogP contribution in [0.15, 0.2) is 36.9 Å². The van der Waals surface area contributed by atoms with Crippen molar-refractivity contribution < 1.29 is 19.1 Å². The van der Waals surface area contributed by atoms with Crippen LogP contribution >= 0.6 is 0 Å². The van der Waals surface area contributed by atoms with Crippen molar-refractivity contribution in [3.05, 3.63) is 42.6 Å². The molecule has 0 fully saturated rings. The molecule has 24 heavy (non-hydrogen) atoms. The van der Waals surface area contributed by atoms with Crippen LogP contribution in [0, 0.1) is 0 Å². The Morgan fingerprint density at radius 3 is 2.50 bits per heavy atom. The molecular formula is C19H23NO4. The van der Waals surface area contributed by atoms with Gasteiger partial charge in [0.2, 0.25) is 0 Å². The van der Waals surface area contributed by atoms with Crippen LogP contribution in [-0.2, 0) is 25.6 Å². The third-order valence-electron chi connectivity index (χ3n) is 3.35. The first-order chi connectivity index (χ1) is 11.2. The zero-order valence-electron chi connectivity index (χ0n) is 14.6. The van der Waals surface area contributed by atoms with Gasteiger partial charge >= 0.3 is 11.9 Å². The molecule has 2 rings (SSSR count). The van der Waals surface area contributed by atoms with Gasteiger partial charge in [-0.1, -0.05) is 24.8 Å². The maximum atomic E-state index is 12.3. The average Bonchev–Trinajstić information content (AvgIpc) is 2.83. The second kappa shape index (κ2) is 6.91. The number of aromatic nitrogens is 1. The normalized spacial score (nSPS) is 11.3. The van der Waals surface area contributed by atoms with Crippen LogP contribution in [0.2, 0.25) is 0 Å². The number of hydrogen-bond acceptors (Lipinski definition) is 4. The van der Waals surface area contributed by atoms with Crippen molar-refractivity contribution in [2.45, 2.75) is 39.8 Å². The van der Waals surface area contributed by atoms with Crippen molar-refractivity contribution in [1.29, 1.82) is 0 Å². The van der Waals surface area contributed by atoms with E-state index < -0.39 is 11.6 Å². The number of esters is 2. The van der Waals surface area contributed by atoms with Gasteiger partial charge in [0.25, 0.3) is 0 Å². The molecule has 1 aromatic heterocycles. The van der Waals surface area contributed by atoms with E-state index in [-0.39, 0.29) is 24.7 Å². The highest BCUT2D eigenvalue weighted by Crippen LogP contribution is 2.25. The molecule has 0 atom stereocenters. The summed E-state index contributed by atoms with van der Waals surface area (Å²) in [5, 5.41) is 0.918. The van der Waals surface area contributed by atoms with Crippen LogP contribution < -0.4 is 0 Å². The van der Waals surface area contributed by atoms with Crippen LogP contribution in [0.1, 0.15) is 33.4 Å². The lowest BCUT2D eigenvalue weighted by atomic mass is 10.2. The second-order valence-electron chi connectivity index (χ2n) is 6.46. The molecule has 5 nitrogen and oxygen atoms in total. The Hall–Kier alpha value is -2.56. The summed E-state index contributed by atoms with van der Waals surface area (Å²) in [6, 6.07) is 9.42. The van der Waals surface area contributed by atoms with Gasteiger partial charge in [0, 0.05) is 10.9 Å². The fourth-order valence-corrected chi connectivity index (χ4v) is 2.46. The Bertz CT molecular complexity index is 780. The zero-order valence-corrected chi connectivity index (χ0v) is 14.6. The number of benzene rings is 1. The second-order valence-corrected chi connectivity index (χ2v) is 6.46. The number of ether oxygens (including phenoxy) is 2. The van der Waals surface area contributed by atoms with Crippen LogP contribution in [0.25, 0.3) is 16.5 Å². The van der Waals surface area contributed by atoms with Crippen LogP contribution in [-0.4, -0.2) is 28.7 Å². The van der Waals surface area contributed by atoms with E-state index in [1.165, 1.54) is 0 Å². The Morgan fingerprint density at radius 2 is 1.88 bits per heavy atom. The van der Waals surface area contributed by atoms with Crippen molar-refractivity contribution in [3.8, 4) is 0 Å². The van der Waals surface area contributed by atoms with Gasteiger partial charge in [-0.3, -0.25) is 4.79 Å². The van der Waals surface area contributed by atoms with Crippen molar-refractivity contribution in [2.75, 3.05) is 6.61 Å². The molecule has 1 heterocycles. The van der Waals surface area contributed by atoms with Crippen molar-refractivity contribution >= 4 is 28.4 Å². The van der Waals surface area contributed by atoms with E-state index in [1.807, 2.05) is 51.1 Å². The molecule has 0 bridgehead atoms. The monoisotopic (exact) mass is 329 g/mol. The van der Waals surface area contributed by atoms with Gasteiger partial charge in [0.15, 0.2) is 0 Å². The molecule has 0 amide bonds. The first-order valence-corrected chi connectivity index (χ1v) is 7.89. The van der Waals surface area contributed by atoms with Gasteiger partial charge < -0.3 is 14.0 Å². The van der Waals surface area contributed by atoms with E-state index in [9.17, 15) is 9.59 Å². The molecular weight excluding hydrogens is 306 g/mol. The first kappa shape index (κ1) is 17.8. The molecule has 0 unspecified atom stereocenters. The standard InChI is InChI=1S/C19H23NO4/c1-6-23-18(22)13(2)16-11-14-9-7-8-10-15(14)20(16)12-17(21)24-19(3,4)5/h7-11H,2,6,12H2,1,3-5H3. The number of carbonyl (C=O) groups is 2. The average molecular weight is 329 g/mol. The number of nitrogens with zero attached hydrogens (tertiary/aromatic N) is 1. The van der Waals surface area contributed by atoms with E-state index in [2.05, 4.69) is 6.58 Å². The lowest BCUT2D eigenvalue weighted by Crippen LogP contribution is -2.27. The SMILES string of the molecule is C=C(C(=O)OCC)c1cc2ccccc2n1CC(=O)OC(C)(C)C. The number of carbonyl (C=O) groups excluding carboxylic acids is 2. The fourth-order valence-electron chi connectivity index (χ4n) is 2.46. The topological polar surface area (TPSA) is 57.5 Å². The number of rotatable bonds is 5. The number of fused-ring (bicyclic) bond motifs is 1. The largest absolute Gasteiger partial charge is 0.462 e. The molecule has 0 radical (unpaired) electrons. The molecule has 0 aliphatic rings. The summed E-state index contributed by atoms with van der Waals surface area (Å²) >= 11 is 0. The van der Waals surface area contributed by atoms with Gasteiger partial charge in [0.05, 0.1) is 17.9 Å². The van der Waals surface area contributed by atoms with Gasteiger partial charge in [-0.15, -0.1) is 0 Å². The number of hydrogen-bond donors (Lipinski definition) is 0. The smallest absolute Gasteiger partial charge is 0.339 e. The maximum absolute atomic E-state index is 12.3. The van der Waals surface area contributed by atoms with Gasteiger partial charge in [-0.25, -0.2) is 4.79 Å². The lowest BCUT2D eigenvalue weighted by molar-refractivity contribution is -0.155. The lowest BCUT2D eigenvalue weighted by Gasteiger charge is -2.20. The highest BCUT2D eigenvalue weighted by atomic mass is 16.6. The summed E-state index contributed by atoms with van der Waals surface area (Å²) in [5.41, 5.74) is 1.04. The van der Waals surface area contributed by atoms with E-state index >= 15 is 0 Å².